The first kappa shape index (κ1) is 11.8. The molecule has 0 amide bonds. The number of hydrogen-bond donors (Lipinski definition) is 0. The number of unbranched alkanes of at least 4 members (excludes halogenated alkanes) is 1. The van der Waals surface area contributed by atoms with Gasteiger partial charge in [-0.15, -0.1) is 0 Å². The van der Waals surface area contributed by atoms with E-state index in [2.05, 4.69) is 32.9 Å². The molecule has 0 aliphatic heterocycles. The van der Waals surface area contributed by atoms with Gasteiger partial charge in [-0.05, 0) is 37.0 Å². The molecule has 0 aromatic heterocycles. The van der Waals surface area contributed by atoms with E-state index in [1.54, 1.807) is 0 Å². The van der Waals surface area contributed by atoms with E-state index in [4.69, 9.17) is 0 Å². The van der Waals surface area contributed by atoms with Crippen LogP contribution in [0.1, 0.15) is 65.7 Å². The molecule has 0 radical (unpaired) electrons. The molecule has 0 bridgehead atoms. The second kappa shape index (κ2) is 5.58. The molecule has 0 aromatic carbocycles. The first-order valence-electron chi connectivity index (χ1n) is 6.38. The van der Waals surface area contributed by atoms with Crippen molar-refractivity contribution in [2.45, 2.75) is 65.7 Å². The minimum atomic E-state index is 0.612. The molecule has 0 aromatic rings. The third kappa shape index (κ3) is 2.87. The van der Waals surface area contributed by atoms with Crippen molar-refractivity contribution in [3.63, 3.8) is 0 Å². The molecule has 0 saturated carbocycles. The maximum atomic E-state index is 2.51. The molecule has 2 unspecified atom stereocenters. The molecule has 0 spiro atoms. The van der Waals surface area contributed by atoms with E-state index in [-0.39, 0.29) is 0 Å². The SMILES string of the molecule is CCCCC(C)(CC)C1CC=CCC1. The standard InChI is InChI=1S/C14H26/c1-4-6-12-14(3,5-2)13-10-8-7-9-11-13/h7-8,13H,4-6,9-12H2,1-3H3. The van der Waals surface area contributed by atoms with E-state index >= 15 is 0 Å². The van der Waals surface area contributed by atoms with Crippen LogP contribution >= 0.6 is 0 Å². The second-order valence-electron chi connectivity index (χ2n) is 5.09. The number of rotatable bonds is 5. The Bertz CT molecular complexity index is 180. The Morgan fingerprint density at radius 2 is 2.07 bits per heavy atom. The zero-order chi connectivity index (χ0) is 10.4. The minimum absolute atomic E-state index is 0.612. The Labute approximate surface area is 89.8 Å². The molecule has 0 nitrogen and oxygen atoms in total. The van der Waals surface area contributed by atoms with Crippen molar-refractivity contribution >= 4 is 0 Å². The van der Waals surface area contributed by atoms with Crippen LogP contribution in [0, 0.1) is 11.3 Å². The van der Waals surface area contributed by atoms with Crippen LogP contribution in [0.3, 0.4) is 0 Å². The molecule has 1 rings (SSSR count). The first-order valence-corrected chi connectivity index (χ1v) is 6.38. The molecule has 2 atom stereocenters. The fourth-order valence-electron chi connectivity index (χ4n) is 2.68. The van der Waals surface area contributed by atoms with Gasteiger partial charge in [0.25, 0.3) is 0 Å². The molecule has 82 valence electrons. The van der Waals surface area contributed by atoms with Gasteiger partial charge < -0.3 is 0 Å². The molecular weight excluding hydrogens is 168 g/mol. The Kier molecular flexibility index (Phi) is 4.71. The molecule has 0 fully saturated rings. The predicted octanol–water partition coefficient (Wildman–Crippen LogP) is 4.95. The van der Waals surface area contributed by atoms with Crippen LogP contribution in [0.25, 0.3) is 0 Å². The van der Waals surface area contributed by atoms with E-state index in [1.807, 2.05) is 0 Å². The lowest BCUT2D eigenvalue weighted by Gasteiger charge is -2.38. The van der Waals surface area contributed by atoms with Gasteiger partial charge >= 0.3 is 0 Å². The quantitative estimate of drug-likeness (QED) is 0.543. The Morgan fingerprint density at radius 1 is 1.29 bits per heavy atom. The highest BCUT2D eigenvalue weighted by Gasteiger charge is 2.31. The number of hydrogen-bond acceptors (Lipinski definition) is 0. The highest BCUT2D eigenvalue weighted by Crippen LogP contribution is 2.42. The van der Waals surface area contributed by atoms with Gasteiger partial charge in [-0.2, -0.15) is 0 Å². The summed E-state index contributed by atoms with van der Waals surface area (Å²) in [6.07, 6.45) is 14.3. The van der Waals surface area contributed by atoms with E-state index in [0.29, 0.717) is 5.41 Å². The molecule has 1 aliphatic rings. The van der Waals surface area contributed by atoms with Crippen molar-refractivity contribution in [3.05, 3.63) is 12.2 Å². The average Bonchev–Trinajstić information content (AvgIpc) is 2.27. The summed E-state index contributed by atoms with van der Waals surface area (Å²) in [4.78, 5) is 0. The van der Waals surface area contributed by atoms with Crippen LogP contribution in [-0.2, 0) is 0 Å². The van der Waals surface area contributed by atoms with Crippen molar-refractivity contribution < 1.29 is 0 Å². The van der Waals surface area contributed by atoms with Crippen molar-refractivity contribution in [1.82, 2.24) is 0 Å². The zero-order valence-electron chi connectivity index (χ0n) is 10.2. The van der Waals surface area contributed by atoms with Gasteiger partial charge in [0.05, 0.1) is 0 Å². The summed E-state index contributed by atoms with van der Waals surface area (Å²) in [5, 5.41) is 0. The van der Waals surface area contributed by atoms with Gasteiger partial charge in [0.1, 0.15) is 0 Å². The number of allylic oxidation sites excluding steroid dienone is 2. The van der Waals surface area contributed by atoms with Gasteiger partial charge in [0.15, 0.2) is 0 Å². The summed E-state index contributed by atoms with van der Waals surface area (Å²) in [6, 6.07) is 0. The summed E-state index contributed by atoms with van der Waals surface area (Å²) in [7, 11) is 0. The Morgan fingerprint density at radius 3 is 2.57 bits per heavy atom. The molecule has 0 N–H and O–H groups in total. The lowest BCUT2D eigenvalue weighted by Crippen LogP contribution is -2.27. The summed E-state index contributed by atoms with van der Waals surface area (Å²) >= 11 is 0. The van der Waals surface area contributed by atoms with E-state index in [9.17, 15) is 0 Å². The van der Waals surface area contributed by atoms with E-state index in [1.165, 1.54) is 44.9 Å². The van der Waals surface area contributed by atoms with E-state index < -0.39 is 0 Å². The molecular formula is C14H26. The van der Waals surface area contributed by atoms with Crippen LogP contribution in [0.5, 0.6) is 0 Å². The lowest BCUT2D eigenvalue weighted by atomic mass is 9.67. The first-order chi connectivity index (χ1) is 6.73. The van der Waals surface area contributed by atoms with E-state index in [0.717, 1.165) is 5.92 Å². The van der Waals surface area contributed by atoms with Crippen LogP contribution < -0.4 is 0 Å². The summed E-state index contributed by atoms with van der Waals surface area (Å²) < 4.78 is 0. The molecule has 0 heteroatoms. The maximum absolute atomic E-state index is 2.51. The highest BCUT2D eigenvalue weighted by atomic mass is 14.4. The van der Waals surface area contributed by atoms with Gasteiger partial charge in [0.2, 0.25) is 0 Å². The molecule has 14 heavy (non-hydrogen) atoms. The van der Waals surface area contributed by atoms with Gasteiger partial charge in [-0.3, -0.25) is 0 Å². The monoisotopic (exact) mass is 194 g/mol. The second-order valence-corrected chi connectivity index (χ2v) is 5.09. The van der Waals surface area contributed by atoms with Gasteiger partial charge in [-0.1, -0.05) is 52.2 Å². The molecule has 1 aliphatic carbocycles. The fraction of sp³-hybridized carbons (Fsp3) is 0.857. The third-order valence-corrected chi connectivity index (χ3v) is 4.16. The van der Waals surface area contributed by atoms with Crippen LogP contribution in [0.2, 0.25) is 0 Å². The van der Waals surface area contributed by atoms with Crippen LogP contribution in [-0.4, -0.2) is 0 Å². The minimum Gasteiger partial charge on any atom is -0.0885 e. The third-order valence-electron chi connectivity index (χ3n) is 4.16. The highest BCUT2D eigenvalue weighted by molar-refractivity contribution is 4.95. The van der Waals surface area contributed by atoms with Gasteiger partial charge in [-0.25, -0.2) is 0 Å². The Hall–Kier alpha value is -0.260. The average molecular weight is 194 g/mol. The lowest BCUT2D eigenvalue weighted by molar-refractivity contribution is 0.144. The van der Waals surface area contributed by atoms with Crippen molar-refractivity contribution in [2.24, 2.45) is 11.3 Å². The molecule has 0 heterocycles. The van der Waals surface area contributed by atoms with Crippen LogP contribution in [0.15, 0.2) is 12.2 Å². The fourth-order valence-corrected chi connectivity index (χ4v) is 2.68. The smallest absolute Gasteiger partial charge is 0.0297 e. The Balaban J connectivity index is 2.53. The van der Waals surface area contributed by atoms with Gasteiger partial charge in [0, 0.05) is 0 Å². The zero-order valence-corrected chi connectivity index (χ0v) is 10.2. The topological polar surface area (TPSA) is 0 Å². The summed E-state index contributed by atoms with van der Waals surface area (Å²) in [6.45, 7) is 7.18. The summed E-state index contributed by atoms with van der Waals surface area (Å²) in [5.74, 6) is 0.948. The van der Waals surface area contributed by atoms with Crippen molar-refractivity contribution in [3.8, 4) is 0 Å². The maximum Gasteiger partial charge on any atom is -0.0297 e. The molecule has 0 saturated heterocycles. The summed E-state index contributed by atoms with van der Waals surface area (Å²) in [5.41, 5.74) is 0.612. The van der Waals surface area contributed by atoms with Crippen molar-refractivity contribution in [1.29, 1.82) is 0 Å². The predicted molar refractivity (Wildman–Crippen MR) is 64.4 cm³/mol. The largest absolute Gasteiger partial charge is 0.0885 e. The van der Waals surface area contributed by atoms with Crippen LogP contribution in [0.4, 0.5) is 0 Å². The normalized spacial score (nSPS) is 26.1. The van der Waals surface area contributed by atoms with Crippen molar-refractivity contribution in [2.75, 3.05) is 0 Å².